The number of nitrogens with one attached hydrogen (secondary N) is 1. The number of nitrogens with zero attached hydrogens (tertiary/aromatic N) is 5. The molecule has 0 unspecified atom stereocenters. The fourth-order valence-corrected chi connectivity index (χ4v) is 5.59. The molecule has 1 aromatic carbocycles. The summed E-state index contributed by atoms with van der Waals surface area (Å²) in [5.41, 5.74) is 0.0607. The minimum atomic E-state index is -4.12. The van der Waals surface area contributed by atoms with Crippen LogP contribution in [0.4, 0.5) is 5.95 Å². The van der Waals surface area contributed by atoms with Gasteiger partial charge in [-0.15, -0.1) is 10.2 Å². The molecule has 1 fully saturated rings. The van der Waals surface area contributed by atoms with E-state index in [2.05, 4.69) is 24.9 Å². The number of aromatic nitrogens is 5. The standard InChI is InChI=1S/C24H31ClN6O6S/c1-14(20(36-6)21-26-12-15(25)13-27-21)38(32,33)30-23-29-28-22(18-10-11-24(2,3)37-18)31(23)19-16(34-4)8-7-9-17(19)35-5/h7-9,12-14,18,20H,10-11H2,1-6H3,(H,29,30)/t14-,18-,20-/m0/s1. The molecule has 3 atom stereocenters. The van der Waals surface area contributed by atoms with Gasteiger partial charge in [-0.05, 0) is 45.7 Å². The highest BCUT2D eigenvalue weighted by Crippen LogP contribution is 2.42. The Morgan fingerprint density at radius 3 is 2.29 bits per heavy atom. The van der Waals surface area contributed by atoms with Gasteiger partial charge in [0.1, 0.15) is 34.6 Å². The number of rotatable bonds is 10. The van der Waals surface area contributed by atoms with Crippen molar-refractivity contribution in [3.05, 3.63) is 47.3 Å². The molecule has 1 saturated heterocycles. The Morgan fingerprint density at radius 1 is 1.13 bits per heavy atom. The maximum absolute atomic E-state index is 13.6. The van der Waals surface area contributed by atoms with Crippen molar-refractivity contribution < 1.29 is 27.4 Å². The molecule has 1 aliphatic rings. The zero-order valence-electron chi connectivity index (χ0n) is 22.0. The van der Waals surface area contributed by atoms with E-state index in [1.54, 1.807) is 22.8 Å². The third-order valence-corrected chi connectivity index (χ3v) is 8.26. The lowest BCUT2D eigenvalue weighted by Crippen LogP contribution is -2.33. The zero-order chi connectivity index (χ0) is 27.7. The Balaban J connectivity index is 1.79. The van der Waals surface area contributed by atoms with E-state index in [9.17, 15) is 8.42 Å². The van der Waals surface area contributed by atoms with Crippen LogP contribution in [0.25, 0.3) is 5.69 Å². The SMILES string of the molecule is COc1cccc(OC)c1-n1c(NS(=O)(=O)[C@@H](C)[C@H](OC)c2ncc(Cl)cn2)nnc1[C@@H]1CCC(C)(C)O1. The van der Waals surface area contributed by atoms with Crippen molar-refractivity contribution in [3.8, 4) is 17.2 Å². The molecule has 2 aromatic heterocycles. The van der Waals surface area contributed by atoms with Crippen LogP contribution in [0, 0.1) is 0 Å². The summed E-state index contributed by atoms with van der Waals surface area (Å²) in [5, 5.41) is 7.76. The molecule has 0 amide bonds. The molecule has 1 aliphatic heterocycles. The molecule has 0 spiro atoms. The Morgan fingerprint density at radius 2 is 1.76 bits per heavy atom. The van der Waals surface area contributed by atoms with E-state index in [4.69, 9.17) is 30.5 Å². The average Bonchev–Trinajstić information content (AvgIpc) is 3.46. The van der Waals surface area contributed by atoms with E-state index in [0.29, 0.717) is 34.5 Å². The summed E-state index contributed by atoms with van der Waals surface area (Å²) >= 11 is 5.89. The van der Waals surface area contributed by atoms with Crippen LogP contribution in [0.2, 0.25) is 5.02 Å². The number of hydrogen-bond acceptors (Lipinski definition) is 10. The Hall–Kier alpha value is -3.00. The van der Waals surface area contributed by atoms with Crippen LogP contribution in [0.5, 0.6) is 11.5 Å². The molecular formula is C24H31ClN6O6S. The lowest BCUT2D eigenvalue weighted by Gasteiger charge is -2.23. The fraction of sp³-hybridized carbons (Fsp3) is 0.500. The number of methoxy groups -OCH3 is 3. The lowest BCUT2D eigenvalue weighted by atomic mass is 10.1. The Labute approximate surface area is 226 Å². The van der Waals surface area contributed by atoms with Gasteiger partial charge in [0.05, 0.1) is 24.8 Å². The minimum Gasteiger partial charge on any atom is -0.494 e. The van der Waals surface area contributed by atoms with E-state index >= 15 is 0 Å². The van der Waals surface area contributed by atoms with Crippen LogP contribution in [-0.4, -0.2) is 65.3 Å². The van der Waals surface area contributed by atoms with Gasteiger partial charge in [-0.2, -0.15) is 0 Å². The predicted octanol–water partition coefficient (Wildman–Crippen LogP) is 3.88. The first kappa shape index (κ1) is 28.0. The number of halogens is 1. The normalized spacial score (nSPS) is 18.7. The van der Waals surface area contributed by atoms with Crippen LogP contribution in [0.3, 0.4) is 0 Å². The van der Waals surface area contributed by atoms with Crippen molar-refractivity contribution in [2.75, 3.05) is 26.1 Å². The highest BCUT2D eigenvalue weighted by molar-refractivity contribution is 7.93. The van der Waals surface area contributed by atoms with Crippen molar-refractivity contribution in [3.63, 3.8) is 0 Å². The van der Waals surface area contributed by atoms with E-state index < -0.39 is 27.5 Å². The second-order valence-corrected chi connectivity index (χ2v) is 11.9. The number of anilines is 1. The van der Waals surface area contributed by atoms with E-state index in [1.807, 2.05) is 13.8 Å². The summed E-state index contributed by atoms with van der Waals surface area (Å²) in [4.78, 5) is 8.26. The van der Waals surface area contributed by atoms with Gasteiger partial charge < -0.3 is 18.9 Å². The first-order chi connectivity index (χ1) is 18.0. The third kappa shape index (κ3) is 5.55. The second kappa shape index (κ2) is 11.0. The number of para-hydroxylation sites is 1. The third-order valence-electron chi connectivity index (χ3n) is 6.37. The maximum atomic E-state index is 13.6. The fourth-order valence-electron chi connectivity index (χ4n) is 4.37. The van der Waals surface area contributed by atoms with Gasteiger partial charge in [0.15, 0.2) is 11.6 Å². The largest absolute Gasteiger partial charge is 0.494 e. The molecule has 1 N–H and O–H groups in total. The first-order valence-corrected chi connectivity index (χ1v) is 13.8. The molecular weight excluding hydrogens is 536 g/mol. The quantitative estimate of drug-likeness (QED) is 0.384. The summed E-state index contributed by atoms with van der Waals surface area (Å²) in [6.07, 6.45) is 2.80. The number of ether oxygens (including phenoxy) is 4. The number of hydrogen-bond donors (Lipinski definition) is 1. The van der Waals surface area contributed by atoms with Crippen molar-refractivity contribution in [2.24, 2.45) is 0 Å². The van der Waals surface area contributed by atoms with Crippen LogP contribution >= 0.6 is 11.6 Å². The molecule has 0 radical (unpaired) electrons. The van der Waals surface area contributed by atoms with Gasteiger partial charge in [0, 0.05) is 19.5 Å². The second-order valence-electron chi connectivity index (χ2n) is 9.40. The topological polar surface area (TPSA) is 140 Å². The summed E-state index contributed by atoms with van der Waals surface area (Å²) in [7, 11) is 0.289. The molecule has 3 aromatic rings. The lowest BCUT2D eigenvalue weighted by molar-refractivity contribution is -0.0207. The highest BCUT2D eigenvalue weighted by Gasteiger charge is 2.39. The van der Waals surface area contributed by atoms with E-state index in [-0.39, 0.29) is 17.4 Å². The molecule has 0 saturated carbocycles. The maximum Gasteiger partial charge on any atom is 0.243 e. The van der Waals surface area contributed by atoms with Crippen LogP contribution in [0.15, 0.2) is 30.6 Å². The first-order valence-electron chi connectivity index (χ1n) is 11.9. The number of benzene rings is 1. The van der Waals surface area contributed by atoms with Gasteiger partial charge in [-0.1, -0.05) is 17.7 Å². The van der Waals surface area contributed by atoms with Gasteiger partial charge in [-0.25, -0.2) is 18.4 Å². The monoisotopic (exact) mass is 566 g/mol. The summed E-state index contributed by atoms with van der Waals surface area (Å²) in [5.74, 6) is 1.38. The molecule has 3 heterocycles. The molecule has 12 nitrogen and oxygen atoms in total. The van der Waals surface area contributed by atoms with Crippen LogP contribution < -0.4 is 14.2 Å². The van der Waals surface area contributed by atoms with Crippen molar-refractivity contribution in [1.29, 1.82) is 0 Å². The van der Waals surface area contributed by atoms with Crippen LogP contribution in [0.1, 0.15) is 57.5 Å². The van der Waals surface area contributed by atoms with E-state index in [0.717, 1.165) is 6.42 Å². The smallest absolute Gasteiger partial charge is 0.243 e. The molecule has 206 valence electrons. The van der Waals surface area contributed by atoms with Crippen molar-refractivity contribution in [1.82, 2.24) is 24.7 Å². The highest BCUT2D eigenvalue weighted by atomic mass is 35.5. The van der Waals surface area contributed by atoms with Crippen molar-refractivity contribution in [2.45, 2.75) is 56.7 Å². The molecule has 38 heavy (non-hydrogen) atoms. The summed E-state index contributed by atoms with van der Waals surface area (Å²) in [6.45, 7) is 5.47. The molecule has 0 bridgehead atoms. The van der Waals surface area contributed by atoms with Gasteiger partial charge in [-0.3, -0.25) is 9.29 Å². The van der Waals surface area contributed by atoms with Gasteiger partial charge in [0.25, 0.3) is 0 Å². The molecule has 14 heteroatoms. The van der Waals surface area contributed by atoms with E-state index in [1.165, 1.54) is 40.6 Å². The summed E-state index contributed by atoms with van der Waals surface area (Å²) < 4.78 is 54.3. The van der Waals surface area contributed by atoms with Crippen LogP contribution in [-0.2, 0) is 19.5 Å². The van der Waals surface area contributed by atoms with Gasteiger partial charge in [0.2, 0.25) is 16.0 Å². The Bertz CT molecular complexity index is 1360. The zero-order valence-corrected chi connectivity index (χ0v) is 23.6. The predicted molar refractivity (Wildman–Crippen MR) is 140 cm³/mol. The van der Waals surface area contributed by atoms with Gasteiger partial charge >= 0.3 is 0 Å². The number of sulfonamides is 1. The summed E-state index contributed by atoms with van der Waals surface area (Å²) in [6, 6.07) is 5.24. The molecule has 4 rings (SSSR count). The van der Waals surface area contributed by atoms with Crippen molar-refractivity contribution >= 4 is 27.6 Å². The average molecular weight is 567 g/mol. The Kier molecular flexibility index (Phi) is 8.12. The molecule has 0 aliphatic carbocycles. The minimum absolute atomic E-state index is 0.0603.